The van der Waals surface area contributed by atoms with Crippen molar-refractivity contribution in [1.29, 1.82) is 0 Å². The summed E-state index contributed by atoms with van der Waals surface area (Å²) in [6, 6.07) is 10.1. The first-order valence-electron chi connectivity index (χ1n) is 8.20. The molecule has 0 spiro atoms. The summed E-state index contributed by atoms with van der Waals surface area (Å²) in [7, 11) is 1.70. The molecule has 3 rings (SSSR count). The molecule has 1 N–H and O–H groups in total. The molecule has 0 aliphatic rings. The molecule has 0 radical (unpaired) electrons. The Morgan fingerprint density at radius 1 is 1.16 bits per heavy atom. The van der Waals surface area contributed by atoms with E-state index in [0.717, 1.165) is 13.0 Å². The Balaban J connectivity index is 1.85. The molecule has 0 saturated heterocycles. The minimum absolute atomic E-state index is 0.0637. The van der Waals surface area contributed by atoms with Gasteiger partial charge in [-0.2, -0.15) is 4.52 Å². The quantitative estimate of drug-likeness (QED) is 0.712. The highest BCUT2D eigenvalue weighted by Crippen LogP contribution is 2.23. The van der Waals surface area contributed by atoms with E-state index in [-0.39, 0.29) is 11.2 Å². The number of aromatic nitrogens is 4. The molecule has 0 aliphatic carbocycles. The monoisotopic (exact) mass is 343 g/mol. The Kier molecular flexibility index (Phi) is 4.94. The van der Waals surface area contributed by atoms with Gasteiger partial charge in [0.25, 0.3) is 0 Å². The molecule has 0 atom stereocenters. The van der Waals surface area contributed by atoms with Crippen LogP contribution in [-0.4, -0.2) is 40.1 Å². The van der Waals surface area contributed by atoms with Crippen molar-refractivity contribution in [2.75, 3.05) is 25.6 Å². The highest BCUT2D eigenvalue weighted by atomic mass is 19.1. The number of hydrogen-bond donors (Lipinski definition) is 1. The molecule has 0 fully saturated rings. The summed E-state index contributed by atoms with van der Waals surface area (Å²) in [5.74, 6) is 0.725. The van der Waals surface area contributed by atoms with Gasteiger partial charge in [0.1, 0.15) is 11.6 Å². The van der Waals surface area contributed by atoms with Crippen molar-refractivity contribution in [1.82, 2.24) is 19.8 Å². The van der Waals surface area contributed by atoms with Gasteiger partial charge in [-0.25, -0.2) is 4.39 Å². The Morgan fingerprint density at radius 3 is 2.72 bits per heavy atom. The summed E-state index contributed by atoms with van der Waals surface area (Å²) < 4.78 is 20.8. The zero-order chi connectivity index (χ0) is 17.9. The van der Waals surface area contributed by atoms with Crippen molar-refractivity contribution in [2.45, 2.75) is 20.3 Å². The van der Waals surface area contributed by atoms with E-state index in [0.29, 0.717) is 29.5 Å². The lowest BCUT2D eigenvalue weighted by Crippen LogP contribution is -2.25. The second kappa shape index (κ2) is 7.14. The molecule has 0 amide bonds. The number of rotatable bonds is 7. The number of methoxy groups -OCH3 is 1. The van der Waals surface area contributed by atoms with Crippen molar-refractivity contribution >= 4 is 11.5 Å². The molecule has 25 heavy (non-hydrogen) atoms. The Hall–Kier alpha value is -2.54. The van der Waals surface area contributed by atoms with Gasteiger partial charge in [0.15, 0.2) is 11.5 Å². The normalized spacial score (nSPS) is 11.8. The van der Waals surface area contributed by atoms with E-state index < -0.39 is 0 Å². The van der Waals surface area contributed by atoms with E-state index in [9.17, 15) is 4.39 Å². The molecule has 6 nitrogen and oxygen atoms in total. The molecule has 2 heterocycles. The molecule has 0 aliphatic heterocycles. The maximum Gasteiger partial charge on any atom is 0.188 e. The third kappa shape index (κ3) is 3.93. The van der Waals surface area contributed by atoms with Crippen LogP contribution >= 0.6 is 0 Å². The van der Waals surface area contributed by atoms with Crippen LogP contribution in [0.1, 0.15) is 20.3 Å². The molecular formula is C18H22FN5O. The van der Waals surface area contributed by atoms with Crippen LogP contribution < -0.4 is 5.32 Å². The molecule has 0 saturated carbocycles. The number of benzene rings is 1. The number of fused-ring (bicyclic) bond motifs is 1. The molecule has 132 valence electrons. The zero-order valence-electron chi connectivity index (χ0n) is 14.7. The lowest BCUT2D eigenvalue weighted by molar-refractivity contribution is 0.157. The second-order valence-corrected chi connectivity index (χ2v) is 6.75. The average Bonchev–Trinajstić information content (AvgIpc) is 3.02. The van der Waals surface area contributed by atoms with E-state index >= 15 is 0 Å². The molecule has 7 heteroatoms. The van der Waals surface area contributed by atoms with Crippen molar-refractivity contribution in [3.63, 3.8) is 0 Å². The van der Waals surface area contributed by atoms with Crippen LogP contribution in [-0.2, 0) is 4.74 Å². The largest absolute Gasteiger partial charge is 0.385 e. The van der Waals surface area contributed by atoms with Crippen molar-refractivity contribution < 1.29 is 9.13 Å². The Bertz CT molecular complexity index is 862. The number of ether oxygens (including phenoxy) is 1. The first-order valence-corrected chi connectivity index (χ1v) is 8.20. The lowest BCUT2D eigenvalue weighted by atomic mass is 9.90. The van der Waals surface area contributed by atoms with E-state index in [2.05, 4.69) is 34.5 Å². The minimum atomic E-state index is -0.349. The molecule has 2 aromatic heterocycles. The predicted octanol–water partition coefficient (Wildman–Crippen LogP) is 3.41. The first kappa shape index (κ1) is 17.3. The van der Waals surface area contributed by atoms with Crippen molar-refractivity contribution in [3.05, 3.63) is 42.2 Å². The van der Waals surface area contributed by atoms with Crippen LogP contribution in [0.5, 0.6) is 0 Å². The van der Waals surface area contributed by atoms with Gasteiger partial charge in [-0.1, -0.05) is 26.0 Å². The van der Waals surface area contributed by atoms with E-state index in [4.69, 9.17) is 4.74 Å². The number of anilines is 1. The third-order valence-electron chi connectivity index (χ3n) is 4.11. The van der Waals surface area contributed by atoms with Gasteiger partial charge in [-0.05, 0) is 36.1 Å². The van der Waals surface area contributed by atoms with Gasteiger partial charge in [0, 0.05) is 20.3 Å². The van der Waals surface area contributed by atoms with Gasteiger partial charge in [-0.3, -0.25) is 0 Å². The number of hydrogen-bond acceptors (Lipinski definition) is 5. The molecule has 0 unspecified atom stereocenters. The zero-order valence-corrected chi connectivity index (χ0v) is 14.7. The van der Waals surface area contributed by atoms with E-state index in [1.54, 1.807) is 29.8 Å². The molecule has 1 aromatic carbocycles. The van der Waals surface area contributed by atoms with Crippen molar-refractivity contribution in [3.8, 4) is 11.4 Å². The smallest absolute Gasteiger partial charge is 0.188 e. The summed E-state index contributed by atoms with van der Waals surface area (Å²) in [6.07, 6.45) is 0.936. The van der Waals surface area contributed by atoms with Gasteiger partial charge in [0.2, 0.25) is 0 Å². The summed E-state index contributed by atoms with van der Waals surface area (Å²) in [4.78, 5) is 0. The van der Waals surface area contributed by atoms with Gasteiger partial charge < -0.3 is 10.1 Å². The summed E-state index contributed by atoms with van der Waals surface area (Å²) in [5.41, 5.74) is 1.01. The number of halogens is 1. The summed E-state index contributed by atoms with van der Waals surface area (Å²) in [5, 5.41) is 16.0. The number of nitrogens with one attached hydrogen (secondary N) is 1. The summed E-state index contributed by atoms with van der Waals surface area (Å²) >= 11 is 0. The fraction of sp³-hybridized carbons (Fsp3) is 0.389. The maximum absolute atomic E-state index is 14.1. The fourth-order valence-corrected chi connectivity index (χ4v) is 2.49. The molecule has 3 aromatic rings. The van der Waals surface area contributed by atoms with Crippen LogP contribution in [0, 0.1) is 11.2 Å². The number of nitrogens with zero attached hydrogens (tertiary/aromatic N) is 4. The summed E-state index contributed by atoms with van der Waals surface area (Å²) in [6.45, 7) is 5.79. The predicted molar refractivity (Wildman–Crippen MR) is 94.9 cm³/mol. The standard InChI is InChI=1S/C18H22FN5O/c1-18(2,10-11-25-3)12-20-15-8-9-16-21-22-17(24(16)23-15)13-6-4-5-7-14(13)19/h4-9H,10-12H2,1-3H3,(H,20,23). The highest BCUT2D eigenvalue weighted by molar-refractivity contribution is 5.60. The van der Waals surface area contributed by atoms with Crippen molar-refractivity contribution in [2.24, 2.45) is 5.41 Å². The Morgan fingerprint density at radius 2 is 1.96 bits per heavy atom. The van der Waals surface area contributed by atoms with Gasteiger partial charge in [0.05, 0.1) is 5.56 Å². The van der Waals surface area contributed by atoms with Crippen LogP contribution in [0.4, 0.5) is 10.2 Å². The lowest BCUT2D eigenvalue weighted by Gasteiger charge is -2.24. The van der Waals surface area contributed by atoms with Crippen LogP contribution in [0.2, 0.25) is 0 Å². The van der Waals surface area contributed by atoms with Gasteiger partial charge >= 0.3 is 0 Å². The highest BCUT2D eigenvalue weighted by Gasteiger charge is 2.18. The maximum atomic E-state index is 14.1. The second-order valence-electron chi connectivity index (χ2n) is 6.75. The van der Waals surface area contributed by atoms with Crippen LogP contribution in [0.15, 0.2) is 36.4 Å². The first-order chi connectivity index (χ1) is 12.0. The topological polar surface area (TPSA) is 64.3 Å². The SMILES string of the molecule is COCCC(C)(C)CNc1ccc2nnc(-c3ccccc3F)n2n1. The Labute approximate surface area is 146 Å². The van der Waals surface area contributed by atoms with Crippen LogP contribution in [0.25, 0.3) is 17.0 Å². The van der Waals surface area contributed by atoms with E-state index in [1.807, 2.05) is 12.1 Å². The van der Waals surface area contributed by atoms with Gasteiger partial charge in [-0.15, -0.1) is 15.3 Å². The minimum Gasteiger partial charge on any atom is -0.385 e. The molecule has 0 bridgehead atoms. The fourth-order valence-electron chi connectivity index (χ4n) is 2.49. The van der Waals surface area contributed by atoms with Crippen LogP contribution in [0.3, 0.4) is 0 Å². The average molecular weight is 343 g/mol. The third-order valence-corrected chi connectivity index (χ3v) is 4.11. The van der Waals surface area contributed by atoms with E-state index in [1.165, 1.54) is 6.07 Å². The molecular weight excluding hydrogens is 321 g/mol.